The third-order valence-corrected chi connectivity index (χ3v) is 3.95. The fraction of sp³-hybridized carbons (Fsp3) is 0.636. The van der Waals surface area contributed by atoms with E-state index in [9.17, 15) is 17.7 Å². The Morgan fingerprint density at radius 2 is 1.68 bits per heavy atom. The number of nitrogens with one attached hydrogen (secondary N) is 1. The number of rotatable bonds is 3. The average molecular weight is 295 g/mol. The highest BCUT2D eigenvalue weighted by atomic mass is 32.2. The summed E-state index contributed by atoms with van der Waals surface area (Å²) in [5, 5.41) is 0. The number of nitrogens with zero attached hydrogens (tertiary/aromatic N) is 2. The van der Waals surface area contributed by atoms with Crippen LogP contribution in [0.1, 0.15) is 45.1 Å². The summed E-state index contributed by atoms with van der Waals surface area (Å²) in [6.07, 6.45) is -2.37. The fourth-order valence-corrected chi connectivity index (χ4v) is 1.92. The number of hydrogen-bond acceptors (Lipinski definition) is 4. The third-order valence-electron chi connectivity index (χ3n) is 2.27. The summed E-state index contributed by atoms with van der Waals surface area (Å²) < 4.78 is 51.1. The number of hydrogen-bond donors (Lipinski definition) is 1. The van der Waals surface area contributed by atoms with Crippen molar-refractivity contribution in [1.29, 1.82) is 0 Å². The molecule has 19 heavy (non-hydrogen) atoms. The van der Waals surface area contributed by atoms with E-state index in [1.165, 1.54) is 0 Å². The second-order valence-corrected chi connectivity index (χ2v) is 7.06. The second-order valence-electron chi connectivity index (χ2n) is 5.06. The van der Waals surface area contributed by atoms with Crippen LogP contribution in [0.25, 0.3) is 0 Å². The predicted octanol–water partition coefficient (Wildman–Crippen LogP) is 2.61. The summed E-state index contributed by atoms with van der Waals surface area (Å²) >= 11 is -1.32. The lowest BCUT2D eigenvalue weighted by atomic mass is 10.2. The molecule has 0 amide bonds. The maximum Gasteiger partial charge on any atom is 0.451 e. The standard InChI is InChI=1S/C11H16F3N3OS/c1-7(17-19(18)10(2,3)4)8-5-15-9(16-6-8)11(12,13)14/h5-7,17H,1-4H3/t7?,19-/m0/s1. The van der Waals surface area contributed by atoms with Crippen LogP contribution < -0.4 is 4.72 Å². The Balaban J connectivity index is 2.76. The van der Waals surface area contributed by atoms with Gasteiger partial charge in [-0.3, -0.25) is 0 Å². The molecule has 0 fully saturated rings. The first-order chi connectivity index (χ1) is 8.51. The van der Waals surface area contributed by atoms with E-state index in [0.29, 0.717) is 5.56 Å². The lowest BCUT2D eigenvalue weighted by Crippen LogP contribution is -2.40. The highest BCUT2D eigenvalue weighted by molar-refractivity contribution is 7.90. The van der Waals surface area contributed by atoms with Gasteiger partial charge in [0.05, 0.1) is 6.04 Å². The maximum atomic E-state index is 12.3. The molecular formula is C11H16F3N3OS. The van der Waals surface area contributed by atoms with E-state index < -0.39 is 34.2 Å². The monoisotopic (exact) mass is 295 g/mol. The van der Waals surface area contributed by atoms with Crippen LogP contribution in [0.3, 0.4) is 0 Å². The van der Waals surface area contributed by atoms with E-state index >= 15 is 0 Å². The van der Waals surface area contributed by atoms with Gasteiger partial charge in [0.15, 0.2) is 0 Å². The van der Waals surface area contributed by atoms with Crippen LogP contribution >= 0.6 is 0 Å². The second kappa shape index (κ2) is 5.64. The molecule has 1 rings (SSSR count). The minimum absolute atomic E-state index is 0.401. The van der Waals surface area contributed by atoms with Crippen molar-refractivity contribution < 1.29 is 17.7 Å². The van der Waals surface area contributed by atoms with Gasteiger partial charge in [0.25, 0.3) is 0 Å². The Morgan fingerprint density at radius 3 is 2.05 bits per heavy atom. The fourth-order valence-electron chi connectivity index (χ4n) is 1.11. The van der Waals surface area contributed by atoms with Gasteiger partial charge in [-0.2, -0.15) is 13.2 Å². The Labute approximate surface area is 113 Å². The molecule has 0 saturated heterocycles. The van der Waals surface area contributed by atoms with Crippen molar-refractivity contribution in [1.82, 2.24) is 14.7 Å². The Bertz CT molecular complexity index is 417. The van der Waals surface area contributed by atoms with Crippen molar-refractivity contribution in [3.05, 3.63) is 23.8 Å². The van der Waals surface area contributed by atoms with Gasteiger partial charge in [-0.05, 0) is 27.7 Å². The summed E-state index contributed by atoms with van der Waals surface area (Å²) in [7, 11) is 0. The van der Waals surface area contributed by atoms with Crippen LogP contribution in [0, 0.1) is 0 Å². The van der Waals surface area contributed by atoms with E-state index in [-0.39, 0.29) is 0 Å². The zero-order valence-electron chi connectivity index (χ0n) is 11.1. The molecule has 1 unspecified atom stereocenters. The first-order valence-electron chi connectivity index (χ1n) is 5.59. The topological polar surface area (TPSA) is 60.9 Å². The molecule has 1 aromatic rings. The van der Waals surface area contributed by atoms with E-state index in [2.05, 4.69) is 14.7 Å². The molecule has 2 atom stereocenters. The van der Waals surface area contributed by atoms with Gasteiger partial charge < -0.3 is 4.55 Å². The van der Waals surface area contributed by atoms with E-state index in [4.69, 9.17) is 0 Å². The molecule has 1 N–H and O–H groups in total. The van der Waals surface area contributed by atoms with Crippen LogP contribution in [0.5, 0.6) is 0 Å². The predicted molar refractivity (Wildman–Crippen MR) is 66.5 cm³/mol. The molecule has 0 bridgehead atoms. The summed E-state index contributed by atoms with van der Waals surface area (Å²) in [5.74, 6) is -1.18. The highest BCUT2D eigenvalue weighted by Gasteiger charge is 2.34. The molecule has 0 aliphatic rings. The Hall–Kier alpha value is -0.860. The number of halogens is 3. The van der Waals surface area contributed by atoms with Crippen molar-refractivity contribution in [2.75, 3.05) is 0 Å². The minimum Gasteiger partial charge on any atom is -0.598 e. The SMILES string of the molecule is CC(N[S@@+]([O-])C(C)(C)C)c1cnc(C(F)(F)F)nc1. The van der Waals surface area contributed by atoms with Crippen molar-refractivity contribution >= 4 is 11.4 Å². The van der Waals surface area contributed by atoms with Crippen LogP contribution in [-0.2, 0) is 17.5 Å². The zero-order chi connectivity index (χ0) is 14.8. The van der Waals surface area contributed by atoms with Gasteiger partial charge in [-0.25, -0.2) is 9.97 Å². The van der Waals surface area contributed by atoms with Crippen molar-refractivity contribution in [2.45, 2.75) is 44.7 Å². The van der Waals surface area contributed by atoms with Gasteiger partial charge in [0.1, 0.15) is 4.75 Å². The van der Waals surface area contributed by atoms with Crippen LogP contribution in [-0.4, -0.2) is 19.3 Å². The van der Waals surface area contributed by atoms with Crippen molar-refractivity contribution in [3.8, 4) is 0 Å². The largest absolute Gasteiger partial charge is 0.598 e. The molecule has 1 heterocycles. The molecule has 0 aliphatic carbocycles. The Kier molecular flexibility index (Phi) is 4.81. The summed E-state index contributed by atoms with van der Waals surface area (Å²) in [6.45, 7) is 7.08. The minimum atomic E-state index is -4.55. The van der Waals surface area contributed by atoms with E-state index in [1.807, 2.05) is 0 Å². The molecular weight excluding hydrogens is 279 g/mol. The summed E-state index contributed by atoms with van der Waals surface area (Å²) in [5.41, 5.74) is 0.450. The van der Waals surface area contributed by atoms with Crippen LogP contribution in [0.4, 0.5) is 13.2 Å². The molecule has 4 nitrogen and oxygen atoms in total. The van der Waals surface area contributed by atoms with Gasteiger partial charge in [-0.1, -0.05) is 0 Å². The molecule has 108 valence electrons. The first kappa shape index (κ1) is 16.2. The maximum absolute atomic E-state index is 12.3. The zero-order valence-corrected chi connectivity index (χ0v) is 11.9. The highest BCUT2D eigenvalue weighted by Crippen LogP contribution is 2.26. The first-order valence-corrected chi connectivity index (χ1v) is 6.74. The molecule has 0 saturated carbocycles. The van der Waals surface area contributed by atoms with E-state index in [0.717, 1.165) is 12.4 Å². The quantitative estimate of drug-likeness (QED) is 0.871. The van der Waals surface area contributed by atoms with Gasteiger partial charge in [-0.15, -0.1) is 4.72 Å². The van der Waals surface area contributed by atoms with Crippen molar-refractivity contribution in [2.24, 2.45) is 0 Å². The lowest BCUT2D eigenvalue weighted by molar-refractivity contribution is -0.145. The van der Waals surface area contributed by atoms with Gasteiger partial charge in [0, 0.05) is 29.3 Å². The molecule has 0 aliphatic heterocycles. The molecule has 0 spiro atoms. The summed E-state index contributed by atoms with van der Waals surface area (Å²) in [6, 6.07) is -0.401. The number of aromatic nitrogens is 2. The summed E-state index contributed by atoms with van der Waals surface area (Å²) in [4.78, 5) is 6.53. The molecule has 8 heteroatoms. The van der Waals surface area contributed by atoms with Gasteiger partial charge >= 0.3 is 6.18 Å². The molecule has 0 aromatic carbocycles. The normalized spacial score (nSPS) is 16.2. The van der Waals surface area contributed by atoms with Gasteiger partial charge in [0.2, 0.25) is 5.82 Å². The lowest BCUT2D eigenvalue weighted by Gasteiger charge is -2.26. The molecule has 1 aromatic heterocycles. The van der Waals surface area contributed by atoms with E-state index in [1.54, 1.807) is 27.7 Å². The third kappa shape index (κ3) is 4.63. The average Bonchev–Trinajstić information content (AvgIpc) is 2.26. The Morgan fingerprint density at radius 1 is 1.21 bits per heavy atom. The van der Waals surface area contributed by atoms with Crippen LogP contribution in [0.15, 0.2) is 12.4 Å². The van der Waals surface area contributed by atoms with Crippen molar-refractivity contribution in [3.63, 3.8) is 0 Å². The molecule has 0 radical (unpaired) electrons. The smallest absolute Gasteiger partial charge is 0.451 e. The van der Waals surface area contributed by atoms with Crippen LogP contribution in [0.2, 0.25) is 0 Å². The number of alkyl halides is 3.